The molecule has 0 heterocycles. The monoisotopic (exact) mass is 264 g/mol. The van der Waals surface area contributed by atoms with Crippen molar-refractivity contribution in [3.8, 4) is 22.2 Å². The standard InChI is InChI=1S/C13H24Si3/c1-9-16(8,12-10-14(2,3)4)13-11-15(5,6)7/h9H,1H2,2-8H3. The molecule has 0 spiro atoms. The van der Waals surface area contributed by atoms with Gasteiger partial charge >= 0.3 is 0 Å². The van der Waals surface area contributed by atoms with Gasteiger partial charge in [-0.25, -0.2) is 0 Å². The number of rotatable bonds is 1. The average molecular weight is 265 g/mol. The molecule has 0 N–H and O–H groups in total. The van der Waals surface area contributed by atoms with Crippen LogP contribution in [0.15, 0.2) is 12.3 Å². The summed E-state index contributed by atoms with van der Waals surface area (Å²) in [6.07, 6.45) is 0. The SMILES string of the molecule is C=C[Si](C)(C#C[Si](C)(C)C)C#C[Si](C)(C)C. The second kappa shape index (κ2) is 5.23. The van der Waals surface area contributed by atoms with E-state index in [1.54, 1.807) is 0 Å². The predicted octanol–water partition coefficient (Wildman–Crippen LogP) is 3.63. The van der Waals surface area contributed by atoms with Crippen molar-refractivity contribution < 1.29 is 0 Å². The van der Waals surface area contributed by atoms with Crippen molar-refractivity contribution in [2.24, 2.45) is 0 Å². The van der Waals surface area contributed by atoms with Crippen LogP contribution in [0.4, 0.5) is 0 Å². The van der Waals surface area contributed by atoms with Gasteiger partial charge in [-0.3, -0.25) is 0 Å². The second-order valence-corrected chi connectivity index (χ2v) is 19.2. The van der Waals surface area contributed by atoms with E-state index >= 15 is 0 Å². The van der Waals surface area contributed by atoms with Crippen LogP contribution in [0.5, 0.6) is 0 Å². The Morgan fingerprint density at radius 2 is 1.00 bits per heavy atom. The summed E-state index contributed by atoms with van der Waals surface area (Å²) in [5, 5.41) is 0. The molecule has 0 aromatic heterocycles. The molecule has 0 aromatic carbocycles. The van der Waals surface area contributed by atoms with Crippen molar-refractivity contribution in [2.45, 2.75) is 45.8 Å². The molecule has 0 aliphatic rings. The second-order valence-electron chi connectivity index (χ2n) is 6.41. The average Bonchev–Trinajstić information content (AvgIpc) is 2.09. The third-order valence-electron chi connectivity index (χ3n) is 1.80. The smallest absolute Gasteiger partial charge is 0.137 e. The lowest BCUT2D eigenvalue weighted by molar-refractivity contribution is 1.81. The minimum absolute atomic E-state index is 1.29. The zero-order valence-corrected chi connectivity index (χ0v) is 14.8. The molecule has 0 radical (unpaired) electrons. The van der Waals surface area contributed by atoms with Gasteiger partial charge in [-0.2, -0.15) is 0 Å². The molecule has 0 rings (SSSR count). The summed E-state index contributed by atoms with van der Waals surface area (Å²) in [6.45, 7) is 19.7. The van der Waals surface area contributed by atoms with Gasteiger partial charge in [-0.05, 0) is 6.55 Å². The molecule has 0 saturated heterocycles. The van der Waals surface area contributed by atoms with Crippen LogP contribution >= 0.6 is 0 Å². The molecule has 0 unspecified atom stereocenters. The van der Waals surface area contributed by atoms with E-state index < -0.39 is 24.2 Å². The van der Waals surface area contributed by atoms with Gasteiger partial charge in [0.25, 0.3) is 0 Å². The summed E-state index contributed by atoms with van der Waals surface area (Å²) in [5.41, 5.74) is 15.8. The topological polar surface area (TPSA) is 0 Å². The van der Waals surface area contributed by atoms with E-state index in [1.807, 2.05) is 5.70 Å². The molecule has 0 aliphatic heterocycles. The summed E-state index contributed by atoms with van der Waals surface area (Å²) in [7, 11) is -4.41. The molecule has 3 heteroatoms. The summed E-state index contributed by atoms with van der Waals surface area (Å²) in [6, 6.07) is 0. The fourth-order valence-corrected chi connectivity index (χ4v) is 6.11. The lowest BCUT2D eigenvalue weighted by Crippen LogP contribution is -2.28. The molecular weight excluding hydrogens is 240 g/mol. The molecule has 0 saturated carbocycles. The molecule has 88 valence electrons. The first-order valence-corrected chi connectivity index (χ1v) is 15.3. The van der Waals surface area contributed by atoms with E-state index in [0.717, 1.165) is 0 Å². The first-order chi connectivity index (χ1) is 6.97. The van der Waals surface area contributed by atoms with Crippen molar-refractivity contribution >= 4 is 24.2 Å². The van der Waals surface area contributed by atoms with Crippen LogP contribution in [-0.4, -0.2) is 24.2 Å². The van der Waals surface area contributed by atoms with Crippen LogP contribution in [0.3, 0.4) is 0 Å². The molecule has 0 aliphatic carbocycles. The lowest BCUT2D eigenvalue weighted by atomic mass is 11.2. The fraction of sp³-hybridized carbons (Fsp3) is 0.538. The van der Waals surface area contributed by atoms with E-state index in [0.29, 0.717) is 0 Å². The first kappa shape index (κ1) is 15.5. The van der Waals surface area contributed by atoms with E-state index in [2.05, 4.69) is 74.6 Å². The lowest BCUT2D eigenvalue weighted by Gasteiger charge is -2.12. The number of hydrogen-bond acceptors (Lipinski definition) is 0. The van der Waals surface area contributed by atoms with Crippen LogP contribution in [0.2, 0.25) is 45.8 Å². The molecule has 0 atom stereocenters. The third-order valence-corrected chi connectivity index (χ3v) is 6.16. The van der Waals surface area contributed by atoms with Crippen molar-refractivity contribution in [1.29, 1.82) is 0 Å². The summed E-state index contributed by atoms with van der Waals surface area (Å²) in [4.78, 5) is 0. The van der Waals surface area contributed by atoms with Gasteiger partial charge in [0.15, 0.2) is 0 Å². The van der Waals surface area contributed by atoms with Crippen LogP contribution in [0.25, 0.3) is 0 Å². The maximum atomic E-state index is 3.92. The minimum atomic E-state index is -1.83. The molecule has 0 nitrogen and oxygen atoms in total. The highest BCUT2D eigenvalue weighted by molar-refractivity contribution is 7.00. The summed E-state index contributed by atoms with van der Waals surface area (Å²) in [5.74, 6) is 0. The van der Waals surface area contributed by atoms with Gasteiger partial charge in [0.05, 0.1) is 0 Å². The Bertz CT molecular complexity index is 340. The van der Waals surface area contributed by atoms with Crippen molar-refractivity contribution in [3.05, 3.63) is 12.3 Å². The molecule has 0 aromatic rings. The van der Waals surface area contributed by atoms with Crippen LogP contribution in [0, 0.1) is 22.2 Å². The Hall–Kier alpha value is -0.489. The van der Waals surface area contributed by atoms with E-state index in [9.17, 15) is 0 Å². The zero-order chi connectivity index (χ0) is 13.0. The zero-order valence-electron chi connectivity index (χ0n) is 11.8. The highest BCUT2D eigenvalue weighted by Gasteiger charge is 2.20. The Balaban J connectivity index is 5.13. The van der Waals surface area contributed by atoms with Gasteiger partial charge in [0.1, 0.15) is 16.1 Å². The molecular formula is C13H24Si3. The summed E-state index contributed by atoms with van der Waals surface area (Å²) < 4.78 is 0. The first-order valence-electron chi connectivity index (χ1n) is 5.70. The van der Waals surface area contributed by atoms with E-state index in [1.165, 1.54) is 0 Å². The van der Waals surface area contributed by atoms with Gasteiger partial charge in [0.2, 0.25) is 8.07 Å². The van der Waals surface area contributed by atoms with Gasteiger partial charge in [-0.1, -0.05) is 45.0 Å². The van der Waals surface area contributed by atoms with E-state index in [-0.39, 0.29) is 0 Å². The number of hydrogen-bond donors (Lipinski definition) is 0. The predicted molar refractivity (Wildman–Crippen MR) is 84.1 cm³/mol. The Kier molecular flexibility index (Phi) is 5.07. The van der Waals surface area contributed by atoms with Crippen molar-refractivity contribution in [1.82, 2.24) is 0 Å². The minimum Gasteiger partial charge on any atom is -0.137 e. The summed E-state index contributed by atoms with van der Waals surface area (Å²) >= 11 is 0. The van der Waals surface area contributed by atoms with E-state index in [4.69, 9.17) is 0 Å². The van der Waals surface area contributed by atoms with Crippen LogP contribution in [0.1, 0.15) is 0 Å². The molecule has 0 amide bonds. The quantitative estimate of drug-likeness (QED) is 0.501. The highest BCUT2D eigenvalue weighted by atomic mass is 28.3. The van der Waals surface area contributed by atoms with Crippen molar-refractivity contribution in [2.75, 3.05) is 0 Å². The molecule has 0 bridgehead atoms. The maximum Gasteiger partial charge on any atom is 0.234 e. The third kappa shape index (κ3) is 7.76. The normalized spacial score (nSPS) is 11.9. The van der Waals surface area contributed by atoms with Crippen molar-refractivity contribution in [3.63, 3.8) is 0 Å². The molecule has 0 fully saturated rings. The Morgan fingerprint density at radius 1 is 0.688 bits per heavy atom. The Labute approximate surface area is 105 Å². The van der Waals surface area contributed by atoms with Crippen LogP contribution in [-0.2, 0) is 0 Å². The fourth-order valence-electron chi connectivity index (χ4n) is 0.768. The largest absolute Gasteiger partial charge is 0.234 e. The molecule has 16 heavy (non-hydrogen) atoms. The van der Waals surface area contributed by atoms with Gasteiger partial charge in [0, 0.05) is 0 Å². The highest BCUT2D eigenvalue weighted by Crippen LogP contribution is 2.05. The van der Waals surface area contributed by atoms with Gasteiger partial charge in [-0.15, -0.1) is 28.8 Å². The van der Waals surface area contributed by atoms with Gasteiger partial charge < -0.3 is 0 Å². The Morgan fingerprint density at radius 3 is 1.19 bits per heavy atom. The van der Waals surface area contributed by atoms with Crippen LogP contribution < -0.4 is 0 Å². The maximum absolute atomic E-state index is 3.92.